The number of aliphatic carboxylic acids is 1. The van der Waals surface area contributed by atoms with Gasteiger partial charge in [0.05, 0.1) is 5.92 Å². The Morgan fingerprint density at radius 1 is 1.13 bits per heavy atom. The van der Waals surface area contributed by atoms with E-state index in [1.165, 1.54) is 0 Å². The van der Waals surface area contributed by atoms with Crippen molar-refractivity contribution < 1.29 is 9.90 Å². The fourth-order valence-corrected chi connectivity index (χ4v) is 1.45. The highest BCUT2D eigenvalue weighted by atomic mass is 16.4. The van der Waals surface area contributed by atoms with Gasteiger partial charge in [-0.2, -0.15) is 0 Å². The van der Waals surface area contributed by atoms with E-state index in [1.54, 1.807) is 0 Å². The Bertz CT molecular complexity index is 242. The van der Waals surface area contributed by atoms with Gasteiger partial charge >= 0.3 is 5.97 Å². The molecule has 3 heteroatoms. The first-order chi connectivity index (χ1) is 7.30. The molecular weight excluding hydrogens is 190 g/mol. The molecule has 0 spiro atoms. The lowest BCUT2D eigenvalue weighted by atomic mass is 10.0. The van der Waals surface area contributed by atoms with E-state index in [2.05, 4.69) is 5.32 Å². The largest absolute Gasteiger partial charge is 0.481 e. The van der Waals surface area contributed by atoms with Crippen LogP contribution in [0.15, 0.2) is 36.4 Å². The van der Waals surface area contributed by atoms with Gasteiger partial charge in [0.25, 0.3) is 0 Å². The second-order valence-electron chi connectivity index (χ2n) is 3.54. The van der Waals surface area contributed by atoms with Crippen molar-refractivity contribution >= 4 is 5.97 Å². The minimum Gasteiger partial charge on any atom is -0.481 e. The lowest BCUT2D eigenvalue weighted by Gasteiger charge is -2.18. The van der Waals surface area contributed by atoms with E-state index < -0.39 is 5.97 Å². The van der Waals surface area contributed by atoms with Gasteiger partial charge in [0.15, 0.2) is 0 Å². The molecule has 2 rings (SSSR count). The molecule has 1 aliphatic rings. The van der Waals surface area contributed by atoms with Crippen LogP contribution in [-0.2, 0) is 4.79 Å². The maximum absolute atomic E-state index is 10.3. The van der Waals surface area contributed by atoms with Gasteiger partial charge in [-0.05, 0) is 19.4 Å². The smallest absolute Gasteiger partial charge is 0.307 e. The molecule has 1 heterocycles. The van der Waals surface area contributed by atoms with E-state index in [1.807, 2.05) is 36.4 Å². The number of carboxylic acid groups (broad SMARTS) is 1. The first kappa shape index (κ1) is 11.7. The molecule has 1 saturated heterocycles. The monoisotopic (exact) mass is 207 g/mol. The highest BCUT2D eigenvalue weighted by Gasteiger charge is 2.18. The lowest BCUT2D eigenvalue weighted by molar-refractivity contribution is -0.142. The Balaban J connectivity index is 0.000000162. The number of piperidine rings is 1. The molecular formula is C12H17NO2. The topological polar surface area (TPSA) is 49.3 Å². The Morgan fingerprint density at radius 3 is 1.93 bits per heavy atom. The van der Waals surface area contributed by atoms with E-state index in [0.717, 1.165) is 19.4 Å². The Kier molecular flexibility index (Phi) is 5.48. The van der Waals surface area contributed by atoms with Crippen LogP contribution in [0.5, 0.6) is 0 Å². The van der Waals surface area contributed by atoms with Crippen LogP contribution in [0, 0.1) is 5.92 Å². The second-order valence-corrected chi connectivity index (χ2v) is 3.54. The molecule has 1 atom stereocenters. The number of carbonyl (C=O) groups is 1. The van der Waals surface area contributed by atoms with Crippen molar-refractivity contribution in [2.45, 2.75) is 12.8 Å². The molecule has 2 N–H and O–H groups in total. The molecule has 0 bridgehead atoms. The third-order valence-electron chi connectivity index (χ3n) is 2.31. The molecule has 0 radical (unpaired) electrons. The average molecular weight is 207 g/mol. The summed E-state index contributed by atoms with van der Waals surface area (Å²) in [7, 11) is 0. The highest BCUT2D eigenvalue weighted by Crippen LogP contribution is 2.08. The number of rotatable bonds is 1. The maximum atomic E-state index is 10.3. The highest BCUT2D eigenvalue weighted by molar-refractivity contribution is 5.70. The van der Waals surface area contributed by atoms with Crippen LogP contribution in [-0.4, -0.2) is 24.2 Å². The summed E-state index contributed by atoms with van der Waals surface area (Å²) < 4.78 is 0. The van der Waals surface area contributed by atoms with Crippen LogP contribution < -0.4 is 5.32 Å². The molecule has 1 aromatic carbocycles. The van der Waals surface area contributed by atoms with E-state index in [0.29, 0.717) is 6.54 Å². The third kappa shape index (κ3) is 5.18. The summed E-state index contributed by atoms with van der Waals surface area (Å²) in [5.74, 6) is -0.805. The summed E-state index contributed by atoms with van der Waals surface area (Å²) in [6.07, 6.45) is 1.83. The zero-order valence-electron chi connectivity index (χ0n) is 8.73. The number of nitrogens with one attached hydrogen (secondary N) is 1. The predicted molar refractivity (Wildman–Crippen MR) is 59.7 cm³/mol. The van der Waals surface area contributed by atoms with Crippen molar-refractivity contribution in [1.29, 1.82) is 0 Å². The molecule has 15 heavy (non-hydrogen) atoms. The Hall–Kier alpha value is -1.35. The van der Waals surface area contributed by atoms with Gasteiger partial charge in [0.2, 0.25) is 0 Å². The SMILES string of the molecule is O=C(O)[C@@H]1CCCNC1.c1ccccc1. The first-order valence-corrected chi connectivity index (χ1v) is 5.24. The van der Waals surface area contributed by atoms with Gasteiger partial charge in [-0.25, -0.2) is 0 Å². The molecule has 82 valence electrons. The maximum Gasteiger partial charge on any atom is 0.307 e. The van der Waals surface area contributed by atoms with Gasteiger partial charge < -0.3 is 10.4 Å². The number of hydrogen-bond acceptors (Lipinski definition) is 2. The summed E-state index contributed by atoms with van der Waals surface area (Å²) in [5.41, 5.74) is 0. The third-order valence-corrected chi connectivity index (χ3v) is 2.31. The molecule has 0 aromatic heterocycles. The summed E-state index contributed by atoms with van der Waals surface area (Å²) in [6, 6.07) is 12.0. The Labute approximate surface area is 90.1 Å². The summed E-state index contributed by atoms with van der Waals surface area (Å²) in [4.78, 5) is 10.3. The molecule has 0 saturated carbocycles. The minimum atomic E-state index is -0.665. The standard InChI is InChI=1S/C6H11NO2.C6H6/c8-6(9)5-2-1-3-7-4-5;1-2-4-6-5-3-1/h5,7H,1-4H2,(H,8,9);1-6H/t5-;/m1./s1. The fourth-order valence-electron chi connectivity index (χ4n) is 1.45. The fraction of sp³-hybridized carbons (Fsp3) is 0.417. The zero-order valence-corrected chi connectivity index (χ0v) is 8.73. The van der Waals surface area contributed by atoms with Crippen LogP contribution in [0.4, 0.5) is 0 Å². The van der Waals surface area contributed by atoms with E-state index in [9.17, 15) is 4.79 Å². The van der Waals surface area contributed by atoms with Gasteiger partial charge in [0, 0.05) is 6.54 Å². The van der Waals surface area contributed by atoms with Crippen molar-refractivity contribution in [2.75, 3.05) is 13.1 Å². The summed E-state index contributed by atoms with van der Waals surface area (Å²) >= 11 is 0. The van der Waals surface area contributed by atoms with Crippen molar-refractivity contribution in [3.05, 3.63) is 36.4 Å². The molecule has 1 aromatic rings. The molecule has 0 aliphatic carbocycles. The van der Waals surface area contributed by atoms with E-state index in [4.69, 9.17) is 5.11 Å². The van der Waals surface area contributed by atoms with Gasteiger partial charge in [0.1, 0.15) is 0 Å². The second kappa shape index (κ2) is 7.01. The van der Waals surface area contributed by atoms with Gasteiger partial charge in [-0.1, -0.05) is 36.4 Å². The minimum absolute atomic E-state index is 0.140. The van der Waals surface area contributed by atoms with Crippen molar-refractivity contribution in [3.63, 3.8) is 0 Å². The molecule has 1 aliphatic heterocycles. The van der Waals surface area contributed by atoms with Crippen LogP contribution in [0.2, 0.25) is 0 Å². The molecule has 0 amide bonds. The molecule has 3 nitrogen and oxygen atoms in total. The first-order valence-electron chi connectivity index (χ1n) is 5.24. The van der Waals surface area contributed by atoms with Crippen molar-refractivity contribution in [3.8, 4) is 0 Å². The molecule has 0 unspecified atom stereocenters. The molecule has 1 fully saturated rings. The Morgan fingerprint density at radius 2 is 1.67 bits per heavy atom. The summed E-state index contributed by atoms with van der Waals surface area (Å²) in [6.45, 7) is 1.62. The van der Waals surface area contributed by atoms with Gasteiger partial charge in [-0.3, -0.25) is 4.79 Å². The normalized spacial score (nSPS) is 19.9. The average Bonchev–Trinajstić information content (AvgIpc) is 2.33. The number of hydrogen-bond donors (Lipinski definition) is 2. The van der Waals surface area contributed by atoms with E-state index >= 15 is 0 Å². The number of benzene rings is 1. The zero-order chi connectivity index (χ0) is 10.9. The van der Waals surface area contributed by atoms with Crippen LogP contribution in [0.3, 0.4) is 0 Å². The predicted octanol–water partition coefficient (Wildman–Crippen LogP) is 1.76. The summed E-state index contributed by atoms with van der Waals surface area (Å²) in [5, 5.41) is 11.5. The van der Waals surface area contributed by atoms with Crippen molar-refractivity contribution in [2.24, 2.45) is 5.92 Å². The lowest BCUT2D eigenvalue weighted by Crippen LogP contribution is -2.34. The van der Waals surface area contributed by atoms with E-state index in [-0.39, 0.29) is 5.92 Å². The van der Waals surface area contributed by atoms with Crippen molar-refractivity contribution in [1.82, 2.24) is 5.32 Å². The van der Waals surface area contributed by atoms with Gasteiger partial charge in [-0.15, -0.1) is 0 Å². The van der Waals surface area contributed by atoms with Crippen LogP contribution in [0.25, 0.3) is 0 Å². The van der Waals surface area contributed by atoms with Crippen LogP contribution in [0.1, 0.15) is 12.8 Å². The number of carboxylic acids is 1. The van der Waals surface area contributed by atoms with Crippen LogP contribution >= 0.6 is 0 Å². The quantitative estimate of drug-likeness (QED) is 0.737.